The lowest BCUT2D eigenvalue weighted by Crippen LogP contribution is -2.18. The third-order valence-corrected chi connectivity index (χ3v) is 4.17. The van der Waals surface area contributed by atoms with Crippen molar-refractivity contribution in [3.63, 3.8) is 0 Å². The Labute approximate surface area is 122 Å². The number of anilines is 2. The molecule has 0 aliphatic heterocycles. The van der Waals surface area contributed by atoms with E-state index in [1.54, 1.807) is 0 Å². The second kappa shape index (κ2) is 5.86. The minimum Gasteiger partial charge on any atom is -0.382 e. The van der Waals surface area contributed by atoms with Crippen molar-refractivity contribution >= 4 is 17.3 Å². The highest BCUT2D eigenvalue weighted by molar-refractivity contribution is 5.91. The highest BCUT2D eigenvalue weighted by Crippen LogP contribution is 2.38. The molecule has 1 aliphatic carbocycles. The van der Waals surface area contributed by atoms with Crippen LogP contribution in [-0.4, -0.2) is 11.9 Å². The molecular weight excluding hydrogens is 248 g/mol. The summed E-state index contributed by atoms with van der Waals surface area (Å²) in [5, 5.41) is 6.57. The summed E-state index contributed by atoms with van der Waals surface area (Å²) >= 11 is 0. The molecule has 1 saturated carbocycles. The molecule has 1 fully saturated rings. The lowest BCUT2D eigenvalue weighted by atomic mass is 9.92. The smallest absolute Gasteiger partial charge is 0.224 e. The number of nitrogens with one attached hydrogen (secondary N) is 2. The van der Waals surface area contributed by atoms with E-state index in [0.29, 0.717) is 17.9 Å². The van der Waals surface area contributed by atoms with E-state index < -0.39 is 0 Å². The average Bonchev–Trinajstić information content (AvgIpc) is 2.72. The summed E-state index contributed by atoms with van der Waals surface area (Å²) in [7, 11) is 0. The largest absolute Gasteiger partial charge is 0.382 e. The number of hydrogen-bond donors (Lipinski definition) is 2. The van der Waals surface area contributed by atoms with Gasteiger partial charge < -0.3 is 10.6 Å². The Balaban J connectivity index is 2.07. The summed E-state index contributed by atoms with van der Waals surface area (Å²) in [6.45, 7) is 8.63. The molecule has 0 saturated heterocycles. The van der Waals surface area contributed by atoms with Crippen LogP contribution in [-0.2, 0) is 4.79 Å². The van der Waals surface area contributed by atoms with Crippen molar-refractivity contribution in [2.24, 2.45) is 5.41 Å². The van der Waals surface area contributed by atoms with Gasteiger partial charge in [-0.3, -0.25) is 4.79 Å². The number of hydrogen-bond acceptors (Lipinski definition) is 2. The van der Waals surface area contributed by atoms with Crippen molar-refractivity contribution in [2.45, 2.75) is 59.4 Å². The molecule has 1 atom stereocenters. The van der Waals surface area contributed by atoms with E-state index in [1.165, 1.54) is 24.8 Å². The summed E-state index contributed by atoms with van der Waals surface area (Å²) in [5.74, 6) is 0.0572. The van der Waals surface area contributed by atoms with Crippen LogP contribution in [0.25, 0.3) is 0 Å². The van der Waals surface area contributed by atoms with Gasteiger partial charge >= 0.3 is 0 Å². The highest BCUT2D eigenvalue weighted by atomic mass is 16.1. The van der Waals surface area contributed by atoms with Crippen LogP contribution in [0.5, 0.6) is 0 Å². The van der Waals surface area contributed by atoms with Crippen LogP contribution < -0.4 is 10.6 Å². The van der Waals surface area contributed by atoms with Crippen molar-refractivity contribution in [3.8, 4) is 0 Å². The van der Waals surface area contributed by atoms with Crippen LogP contribution in [0.1, 0.15) is 52.0 Å². The van der Waals surface area contributed by atoms with Crippen LogP contribution >= 0.6 is 0 Å². The Morgan fingerprint density at radius 1 is 1.40 bits per heavy atom. The average molecular weight is 274 g/mol. The summed E-state index contributed by atoms with van der Waals surface area (Å²) < 4.78 is 0. The number of benzene rings is 1. The van der Waals surface area contributed by atoms with Crippen LogP contribution in [0, 0.1) is 12.3 Å². The summed E-state index contributed by atoms with van der Waals surface area (Å²) in [6, 6.07) is 6.62. The van der Waals surface area contributed by atoms with Gasteiger partial charge in [-0.15, -0.1) is 0 Å². The maximum Gasteiger partial charge on any atom is 0.224 e. The summed E-state index contributed by atoms with van der Waals surface area (Å²) in [4.78, 5) is 11.5. The molecule has 0 radical (unpaired) electrons. The van der Waals surface area contributed by atoms with Gasteiger partial charge in [0.15, 0.2) is 0 Å². The van der Waals surface area contributed by atoms with Crippen LogP contribution in [0.4, 0.5) is 11.4 Å². The predicted molar refractivity (Wildman–Crippen MR) is 85.1 cm³/mol. The second-order valence-corrected chi connectivity index (χ2v) is 6.68. The molecule has 1 amide bonds. The van der Waals surface area contributed by atoms with Gasteiger partial charge in [0.2, 0.25) is 5.91 Å². The number of amides is 1. The van der Waals surface area contributed by atoms with E-state index >= 15 is 0 Å². The van der Waals surface area contributed by atoms with E-state index in [4.69, 9.17) is 0 Å². The third-order valence-electron chi connectivity index (χ3n) is 4.17. The van der Waals surface area contributed by atoms with Crippen molar-refractivity contribution < 1.29 is 4.79 Å². The maximum absolute atomic E-state index is 11.5. The van der Waals surface area contributed by atoms with Gasteiger partial charge in [0.05, 0.1) is 0 Å². The van der Waals surface area contributed by atoms with Crippen molar-refractivity contribution in [1.29, 1.82) is 0 Å². The van der Waals surface area contributed by atoms with Crippen LogP contribution in [0.15, 0.2) is 18.2 Å². The van der Waals surface area contributed by atoms with Crippen LogP contribution in [0.2, 0.25) is 0 Å². The van der Waals surface area contributed by atoms with E-state index in [9.17, 15) is 4.79 Å². The minimum absolute atomic E-state index is 0.0572. The third kappa shape index (κ3) is 3.75. The zero-order valence-corrected chi connectivity index (χ0v) is 13.0. The SMILES string of the molecule is CCC(=O)Nc1ccc(C)c(NC2CCC(C)(C)C2)c1. The molecule has 2 rings (SSSR count). The first-order valence-corrected chi connectivity index (χ1v) is 7.57. The Bertz CT molecular complexity index is 494. The molecule has 0 aromatic heterocycles. The van der Waals surface area contributed by atoms with Gasteiger partial charge in [0, 0.05) is 23.8 Å². The molecule has 110 valence electrons. The molecule has 1 unspecified atom stereocenters. The highest BCUT2D eigenvalue weighted by Gasteiger charge is 2.30. The molecule has 1 aromatic carbocycles. The van der Waals surface area contributed by atoms with E-state index in [-0.39, 0.29) is 5.91 Å². The summed E-state index contributed by atoms with van der Waals surface area (Å²) in [6.07, 6.45) is 4.21. The Hall–Kier alpha value is -1.51. The Kier molecular flexibility index (Phi) is 4.36. The standard InChI is InChI=1S/C17H26N2O/c1-5-16(20)19-13-7-6-12(2)15(10-13)18-14-8-9-17(3,4)11-14/h6-7,10,14,18H,5,8-9,11H2,1-4H3,(H,19,20). The molecule has 2 N–H and O–H groups in total. The number of carbonyl (C=O) groups excluding carboxylic acids is 1. The lowest BCUT2D eigenvalue weighted by Gasteiger charge is -2.20. The second-order valence-electron chi connectivity index (χ2n) is 6.68. The van der Waals surface area contributed by atoms with Gasteiger partial charge in [-0.25, -0.2) is 0 Å². The first kappa shape index (κ1) is 14.9. The molecule has 0 bridgehead atoms. The predicted octanol–water partition coefficient (Wildman–Crippen LogP) is 4.33. The quantitative estimate of drug-likeness (QED) is 0.857. The fraction of sp³-hybridized carbons (Fsp3) is 0.588. The minimum atomic E-state index is 0.0572. The molecule has 20 heavy (non-hydrogen) atoms. The van der Waals surface area contributed by atoms with Crippen LogP contribution in [0.3, 0.4) is 0 Å². The first-order chi connectivity index (χ1) is 9.39. The maximum atomic E-state index is 11.5. The summed E-state index contributed by atoms with van der Waals surface area (Å²) in [5.41, 5.74) is 3.69. The van der Waals surface area contributed by atoms with E-state index in [0.717, 1.165) is 11.4 Å². The van der Waals surface area contributed by atoms with Crippen molar-refractivity contribution in [3.05, 3.63) is 23.8 Å². The van der Waals surface area contributed by atoms with Crippen molar-refractivity contribution in [1.82, 2.24) is 0 Å². The molecule has 0 heterocycles. The fourth-order valence-electron chi connectivity index (χ4n) is 2.88. The molecule has 1 aromatic rings. The van der Waals surface area contributed by atoms with Gasteiger partial charge in [0.25, 0.3) is 0 Å². The first-order valence-electron chi connectivity index (χ1n) is 7.57. The fourth-order valence-corrected chi connectivity index (χ4v) is 2.88. The number of aryl methyl sites for hydroxylation is 1. The molecule has 3 nitrogen and oxygen atoms in total. The zero-order valence-electron chi connectivity index (χ0n) is 13.0. The van der Waals surface area contributed by atoms with E-state index in [1.807, 2.05) is 19.1 Å². The zero-order chi connectivity index (χ0) is 14.8. The number of rotatable bonds is 4. The number of carbonyl (C=O) groups is 1. The molecule has 3 heteroatoms. The van der Waals surface area contributed by atoms with Gasteiger partial charge in [0.1, 0.15) is 0 Å². The topological polar surface area (TPSA) is 41.1 Å². The van der Waals surface area contributed by atoms with Crippen molar-refractivity contribution in [2.75, 3.05) is 10.6 Å². The van der Waals surface area contributed by atoms with Gasteiger partial charge in [-0.05, 0) is 49.3 Å². The molecule has 0 spiro atoms. The monoisotopic (exact) mass is 274 g/mol. The lowest BCUT2D eigenvalue weighted by molar-refractivity contribution is -0.115. The normalized spacial score (nSPS) is 20.7. The molecule has 1 aliphatic rings. The van der Waals surface area contributed by atoms with Gasteiger partial charge in [-0.2, -0.15) is 0 Å². The Morgan fingerprint density at radius 3 is 2.75 bits per heavy atom. The Morgan fingerprint density at radius 2 is 2.15 bits per heavy atom. The van der Waals surface area contributed by atoms with E-state index in [2.05, 4.69) is 37.5 Å². The molecular formula is C17H26N2O. The van der Waals surface area contributed by atoms with Gasteiger partial charge in [-0.1, -0.05) is 26.8 Å².